The molecule has 8 heteroatoms. The Bertz CT molecular complexity index is 1360. The van der Waals surface area contributed by atoms with E-state index < -0.39 is 10.0 Å². The van der Waals surface area contributed by atoms with Crippen LogP contribution in [0.25, 0.3) is 26.8 Å². The number of nitrogens with zero attached hydrogens (tertiary/aromatic N) is 2. The maximum Gasteiger partial charge on any atom is 0.251 e. The lowest BCUT2D eigenvalue weighted by Crippen LogP contribution is -2.30. The third-order valence-electron chi connectivity index (χ3n) is 6.08. The summed E-state index contributed by atoms with van der Waals surface area (Å²) in [5.74, 6) is -0.237. The molecule has 0 saturated heterocycles. The van der Waals surface area contributed by atoms with Crippen LogP contribution in [0.3, 0.4) is 0 Å². The SMILES string of the molecule is CCCN(CCC)c1ccc2cc(-c3ccc(/C(C)=C(\C#N)S(=O)(=O)NCC(C)CO)s3)ccc2c1. The number of hydrogen-bond donors (Lipinski definition) is 2. The van der Waals surface area contributed by atoms with E-state index in [-0.39, 0.29) is 24.0 Å². The van der Waals surface area contributed by atoms with Crippen LogP contribution in [0.15, 0.2) is 53.4 Å². The van der Waals surface area contributed by atoms with Crippen molar-refractivity contribution in [2.45, 2.75) is 40.5 Å². The van der Waals surface area contributed by atoms with Crippen molar-refractivity contribution in [3.8, 4) is 16.5 Å². The zero-order valence-corrected chi connectivity index (χ0v) is 23.0. The molecule has 2 N–H and O–H groups in total. The van der Waals surface area contributed by atoms with Gasteiger partial charge in [-0.05, 0) is 77.9 Å². The number of hydrogen-bond acceptors (Lipinski definition) is 6. The number of aliphatic hydroxyl groups is 1. The van der Waals surface area contributed by atoms with Crippen molar-refractivity contribution in [2.24, 2.45) is 5.92 Å². The molecule has 0 aliphatic carbocycles. The zero-order chi connectivity index (χ0) is 26.3. The van der Waals surface area contributed by atoms with Crippen LogP contribution in [-0.4, -0.2) is 39.8 Å². The summed E-state index contributed by atoms with van der Waals surface area (Å²) in [5, 5.41) is 21.1. The number of anilines is 1. The summed E-state index contributed by atoms with van der Waals surface area (Å²) in [6.07, 6.45) is 2.22. The summed E-state index contributed by atoms with van der Waals surface area (Å²) < 4.78 is 27.8. The van der Waals surface area contributed by atoms with Crippen LogP contribution in [0.1, 0.15) is 45.4 Å². The number of aliphatic hydroxyl groups excluding tert-OH is 1. The van der Waals surface area contributed by atoms with Gasteiger partial charge in [0.25, 0.3) is 10.0 Å². The Hall–Kier alpha value is -2.70. The zero-order valence-electron chi connectivity index (χ0n) is 21.4. The fourth-order valence-corrected chi connectivity index (χ4v) is 6.39. The van der Waals surface area contributed by atoms with E-state index in [1.807, 2.05) is 18.2 Å². The molecule has 1 aromatic heterocycles. The largest absolute Gasteiger partial charge is 0.396 e. The van der Waals surface area contributed by atoms with E-state index in [9.17, 15) is 13.7 Å². The Morgan fingerprint density at radius 3 is 2.39 bits per heavy atom. The first-order chi connectivity index (χ1) is 17.2. The van der Waals surface area contributed by atoms with Gasteiger partial charge in [0.1, 0.15) is 6.07 Å². The smallest absolute Gasteiger partial charge is 0.251 e. The summed E-state index contributed by atoms with van der Waals surface area (Å²) in [5.41, 5.74) is 2.70. The van der Waals surface area contributed by atoms with Gasteiger partial charge in [0.05, 0.1) is 0 Å². The molecule has 0 bridgehead atoms. The molecule has 0 fully saturated rings. The average molecular weight is 526 g/mol. The molecule has 0 amide bonds. The molecule has 36 heavy (non-hydrogen) atoms. The fourth-order valence-electron chi connectivity index (χ4n) is 4.03. The van der Waals surface area contributed by atoms with Crippen LogP contribution in [0.5, 0.6) is 0 Å². The number of nitriles is 1. The van der Waals surface area contributed by atoms with E-state index >= 15 is 0 Å². The topological polar surface area (TPSA) is 93.4 Å². The molecule has 1 heterocycles. The first kappa shape index (κ1) is 27.9. The van der Waals surface area contributed by atoms with Crippen molar-refractivity contribution >= 4 is 43.4 Å². The number of benzene rings is 2. The molecule has 3 aromatic rings. The number of fused-ring (bicyclic) bond motifs is 1. The summed E-state index contributed by atoms with van der Waals surface area (Å²) in [6, 6.07) is 18.6. The monoisotopic (exact) mass is 525 g/mol. The fraction of sp³-hybridized carbons (Fsp3) is 0.393. The number of sulfonamides is 1. The number of rotatable bonds is 12. The molecule has 0 aliphatic rings. The Kier molecular flexibility index (Phi) is 9.69. The van der Waals surface area contributed by atoms with Crippen molar-refractivity contribution < 1.29 is 13.5 Å². The van der Waals surface area contributed by atoms with Crippen LogP contribution in [0.4, 0.5) is 5.69 Å². The van der Waals surface area contributed by atoms with Crippen LogP contribution in [-0.2, 0) is 10.0 Å². The second-order valence-corrected chi connectivity index (χ2v) is 11.9. The van der Waals surface area contributed by atoms with Gasteiger partial charge in [0.15, 0.2) is 4.91 Å². The molecule has 2 aromatic carbocycles. The average Bonchev–Trinajstić information content (AvgIpc) is 3.37. The second-order valence-electron chi connectivity index (χ2n) is 9.10. The molecule has 1 unspecified atom stereocenters. The molecular formula is C28H35N3O3S2. The van der Waals surface area contributed by atoms with Crippen LogP contribution in [0, 0.1) is 17.2 Å². The van der Waals surface area contributed by atoms with Gasteiger partial charge in [-0.3, -0.25) is 0 Å². The Morgan fingerprint density at radius 1 is 1.08 bits per heavy atom. The molecular weight excluding hydrogens is 490 g/mol. The van der Waals surface area contributed by atoms with E-state index in [0.29, 0.717) is 5.57 Å². The lowest BCUT2D eigenvalue weighted by molar-refractivity contribution is 0.239. The minimum absolute atomic E-state index is 0.0699. The van der Waals surface area contributed by atoms with Crippen molar-refractivity contribution in [3.63, 3.8) is 0 Å². The molecule has 0 radical (unpaired) electrons. The molecule has 6 nitrogen and oxygen atoms in total. The minimum atomic E-state index is -3.97. The van der Waals surface area contributed by atoms with Gasteiger partial charge in [-0.2, -0.15) is 5.26 Å². The molecule has 3 rings (SSSR count). The molecule has 1 atom stereocenters. The summed E-state index contributed by atoms with van der Waals surface area (Å²) >= 11 is 1.46. The standard InChI is InChI=1S/C28H35N3O3S2/c1-5-13-31(14-6-2)25-10-9-22-15-24(8-7-23(22)16-25)27-12-11-26(35-27)21(4)28(17-29)36(33,34)30-18-20(3)19-32/h7-12,15-16,20,30,32H,5-6,13-14,18-19H2,1-4H3/b28-21+. The molecule has 0 aliphatic heterocycles. The van der Waals surface area contributed by atoms with E-state index in [2.05, 4.69) is 59.9 Å². The van der Waals surface area contributed by atoms with Gasteiger partial charge >= 0.3 is 0 Å². The summed E-state index contributed by atoms with van der Waals surface area (Å²) in [6.45, 7) is 9.80. The maximum atomic E-state index is 12.7. The Labute approximate surface area is 218 Å². The third-order valence-corrected chi connectivity index (χ3v) is 8.82. The highest BCUT2D eigenvalue weighted by atomic mass is 32.2. The highest BCUT2D eigenvalue weighted by Crippen LogP contribution is 2.35. The predicted molar refractivity (Wildman–Crippen MR) is 151 cm³/mol. The minimum Gasteiger partial charge on any atom is -0.396 e. The van der Waals surface area contributed by atoms with Crippen molar-refractivity contribution in [3.05, 3.63) is 58.3 Å². The van der Waals surface area contributed by atoms with Crippen molar-refractivity contribution in [2.75, 3.05) is 31.1 Å². The number of allylic oxidation sites excluding steroid dienone is 2. The first-order valence-electron chi connectivity index (χ1n) is 12.3. The predicted octanol–water partition coefficient (Wildman–Crippen LogP) is 6.00. The van der Waals surface area contributed by atoms with Gasteiger partial charge in [-0.15, -0.1) is 11.3 Å². The summed E-state index contributed by atoms with van der Waals surface area (Å²) in [4.78, 5) is 3.86. The molecule has 0 spiro atoms. The highest BCUT2D eigenvalue weighted by Gasteiger charge is 2.22. The normalized spacial score (nSPS) is 13.3. The second kappa shape index (κ2) is 12.5. The van der Waals surface area contributed by atoms with Crippen LogP contribution < -0.4 is 9.62 Å². The Morgan fingerprint density at radius 2 is 1.75 bits per heavy atom. The Balaban J connectivity index is 1.89. The van der Waals surface area contributed by atoms with Gasteiger partial charge in [-0.1, -0.05) is 39.0 Å². The lowest BCUT2D eigenvalue weighted by Gasteiger charge is -2.24. The van der Waals surface area contributed by atoms with E-state index in [4.69, 9.17) is 5.11 Å². The van der Waals surface area contributed by atoms with E-state index in [1.165, 1.54) is 22.4 Å². The van der Waals surface area contributed by atoms with Crippen LogP contribution in [0.2, 0.25) is 0 Å². The van der Waals surface area contributed by atoms with Gasteiger partial charge in [0, 0.05) is 41.7 Å². The third kappa shape index (κ3) is 6.54. The number of nitrogens with one attached hydrogen (secondary N) is 1. The van der Waals surface area contributed by atoms with E-state index in [0.717, 1.165) is 46.6 Å². The lowest BCUT2D eigenvalue weighted by atomic mass is 10.0. The van der Waals surface area contributed by atoms with Gasteiger partial charge < -0.3 is 10.0 Å². The van der Waals surface area contributed by atoms with Crippen molar-refractivity contribution in [1.82, 2.24) is 4.72 Å². The number of thiophene rings is 1. The first-order valence-corrected chi connectivity index (χ1v) is 14.6. The maximum absolute atomic E-state index is 12.7. The highest BCUT2D eigenvalue weighted by molar-refractivity contribution is 7.93. The summed E-state index contributed by atoms with van der Waals surface area (Å²) in [7, 11) is -3.97. The molecule has 0 saturated carbocycles. The quantitative estimate of drug-likeness (QED) is 0.283. The van der Waals surface area contributed by atoms with E-state index in [1.54, 1.807) is 13.8 Å². The van der Waals surface area contributed by atoms with Crippen LogP contribution >= 0.6 is 11.3 Å². The molecule has 192 valence electrons. The van der Waals surface area contributed by atoms with Gasteiger partial charge in [-0.25, -0.2) is 13.1 Å². The van der Waals surface area contributed by atoms with Gasteiger partial charge in [0.2, 0.25) is 0 Å². The van der Waals surface area contributed by atoms with Crippen molar-refractivity contribution in [1.29, 1.82) is 5.26 Å².